The predicted molar refractivity (Wildman–Crippen MR) is 77.1 cm³/mol. The molecule has 0 bridgehead atoms. The van der Waals surface area contributed by atoms with Crippen molar-refractivity contribution in [3.05, 3.63) is 56.5 Å². The second kappa shape index (κ2) is 6.04. The Hall–Kier alpha value is -3.23. The van der Waals surface area contributed by atoms with Gasteiger partial charge in [-0.15, -0.1) is 0 Å². The molecule has 9 heteroatoms. The molecule has 1 amide bonds. The Kier molecular flexibility index (Phi) is 4.16. The number of aryl methyl sites for hydroxylation is 1. The van der Waals surface area contributed by atoms with Gasteiger partial charge < -0.3 is 10.1 Å². The lowest BCUT2D eigenvalue weighted by Crippen LogP contribution is -2.23. The monoisotopic (exact) mass is 304 g/mol. The van der Waals surface area contributed by atoms with E-state index in [0.29, 0.717) is 0 Å². The molecule has 2 aromatic rings. The Morgan fingerprint density at radius 1 is 1.36 bits per heavy atom. The summed E-state index contributed by atoms with van der Waals surface area (Å²) < 4.78 is 6.05. The molecule has 22 heavy (non-hydrogen) atoms. The van der Waals surface area contributed by atoms with E-state index in [9.17, 15) is 19.7 Å². The zero-order valence-corrected chi connectivity index (χ0v) is 11.8. The van der Waals surface area contributed by atoms with Gasteiger partial charge in [-0.2, -0.15) is 5.10 Å². The van der Waals surface area contributed by atoms with Crippen LogP contribution in [-0.2, 0) is 7.05 Å². The second-order valence-corrected chi connectivity index (χ2v) is 4.28. The Balaban J connectivity index is 2.29. The molecular formula is C13H12N4O5. The first-order valence-corrected chi connectivity index (χ1v) is 6.10. The largest absolute Gasteiger partial charge is 0.494 e. The van der Waals surface area contributed by atoms with Crippen LogP contribution in [0.5, 0.6) is 5.75 Å². The number of methoxy groups -OCH3 is 1. The van der Waals surface area contributed by atoms with Crippen LogP contribution in [-0.4, -0.2) is 27.7 Å². The second-order valence-electron chi connectivity index (χ2n) is 4.28. The highest BCUT2D eigenvalue weighted by Crippen LogP contribution is 2.29. The van der Waals surface area contributed by atoms with Crippen molar-refractivity contribution in [2.75, 3.05) is 12.4 Å². The molecule has 0 saturated heterocycles. The molecule has 0 saturated carbocycles. The third-order valence-electron chi connectivity index (χ3n) is 2.84. The molecule has 0 aliphatic heterocycles. The van der Waals surface area contributed by atoms with Crippen LogP contribution in [0.2, 0.25) is 0 Å². The number of nitro groups is 1. The average Bonchev–Trinajstić information content (AvgIpc) is 2.50. The molecule has 9 nitrogen and oxygen atoms in total. The molecule has 1 N–H and O–H groups in total. The number of hydrogen-bond donors (Lipinski definition) is 1. The highest BCUT2D eigenvalue weighted by atomic mass is 16.6. The molecule has 0 aliphatic rings. The first kappa shape index (κ1) is 15.2. The number of carbonyl (C=O) groups excluding carboxylic acids is 1. The number of amides is 1. The van der Waals surface area contributed by atoms with E-state index in [1.54, 1.807) is 0 Å². The summed E-state index contributed by atoms with van der Waals surface area (Å²) in [5, 5.41) is 17.1. The third-order valence-corrected chi connectivity index (χ3v) is 2.84. The number of nitrogens with one attached hydrogen (secondary N) is 1. The highest BCUT2D eigenvalue weighted by Gasteiger charge is 2.15. The van der Waals surface area contributed by atoms with Gasteiger partial charge in [0.1, 0.15) is 11.4 Å². The van der Waals surface area contributed by atoms with Crippen LogP contribution in [0.15, 0.2) is 35.1 Å². The van der Waals surface area contributed by atoms with Gasteiger partial charge in [0.15, 0.2) is 0 Å². The smallest absolute Gasteiger partial charge is 0.276 e. The molecule has 0 atom stereocenters. The number of hydrogen-bond acceptors (Lipinski definition) is 6. The van der Waals surface area contributed by atoms with E-state index in [-0.39, 0.29) is 28.4 Å². The zero-order valence-electron chi connectivity index (χ0n) is 11.8. The molecule has 1 heterocycles. The van der Waals surface area contributed by atoms with Gasteiger partial charge in [0.05, 0.1) is 23.8 Å². The summed E-state index contributed by atoms with van der Waals surface area (Å²) in [6.07, 6.45) is 0. The quantitative estimate of drug-likeness (QED) is 0.664. The number of benzene rings is 1. The number of carbonyl (C=O) groups is 1. The van der Waals surface area contributed by atoms with Crippen LogP contribution in [0.3, 0.4) is 0 Å². The number of rotatable bonds is 4. The van der Waals surface area contributed by atoms with Crippen LogP contribution in [0, 0.1) is 10.1 Å². The van der Waals surface area contributed by atoms with Crippen LogP contribution in [0.1, 0.15) is 10.5 Å². The maximum Gasteiger partial charge on any atom is 0.276 e. The van der Waals surface area contributed by atoms with Gasteiger partial charge in [-0.25, -0.2) is 4.68 Å². The van der Waals surface area contributed by atoms with E-state index in [1.165, 1.54) is 44.5 Å². The SMILES string of the molecule is COc1cc([N+](=O)[O-])ccc1NC(=O)c1ccc(=O)n(C)n1. The van der Waals surface area contributed by atoms with Gasteiger partial charge in [0, 0.05) is 19.2 Å². The third kappa shape index (κ3) is 3.08. The van der Waals surface area contributed by atoms with E-state index in [0.717, 1.165) is 4.68 Å². The number of ether oxygens (including phenoxy) is 1. The highest BCUT2D eigenvalue weighted by molar-refractivity contribution is 6.03. The van der Waals surface area contributed by atoms with Crippen molar-refractivity contribution in [2.45, 2.75) is 0 Å². The van der Waals surface area contributed by atoms with Crippen molar-refractivity contribution in [3.8, 4) is 5.75 Å². The van der Waals surface area contributed by atoms with Crippen LogP contribution in [0.4, 0.5) is 11.4 Å². The Morgan fingerprint density at radius 2 is 2.09 bits per heavy atom. The fourth-order valence-corrected chi connectivity index (χ4v) is 1.71. The van der Waals surface area contributed by atoms with Crippen molar-refractivity contribution < 1.29 is 14.5 Å². The minimum absolute atomic E-state index is 0.0301. The first-order chi connectivity index (χ1) is 10.4. The maximum atomic E-state index is 12.1. The summed E-state index contributed by atoms with van der Waals surface area (Å²) >= 11 is 0. The zero-order chi connectivity index (χ0) is 16.3. The Bertz CT molecular complexity index is 799. The minimum Gasteiger partial charge on any atom is -0.494 e. The van der Waals surface area contributed by atoms with Crippen molar-refractivity contribution in [1.29, 1.82) is 0 Å². The van der Waals surface area contributed by atoms with Gasteiger partial charge >= 0.3 is 0 Å². The molecule has 2 rings (SSSR count). The van der Waals surface area contributed by atoms with Crippen molar-refractivity contribution in [2.24, 2.45) is 7.05 Å². The normalized spacial score (nSPS) is 10.1. The lowest BCUT2D eigenvalue weighted by atomic mass is 10.2. The van der Waals surface area contributed by atoms with Crippen LogP contribution >= 0.6 is 0 Å². The number of nitro benzene ring substituents is 1. The number of nitrogens with zero attached hydrogens (tertiary/aromatic N) is 3. The molecule has 0 unspecified atom stereocenters. The number of aromatic nitrogens is 2. The minimum atomic E-state index is -0.567. The summed E-state index contributed by atoms with van der Waals surface area (Å²) in [4.78, 5) is 33.5. The molecular weight excluding hydrogens is 292 g/mol. The van der Waals surface area contributed by atoms with E-state index in [4.69, 9.17) is 4.74 Å². The van der Waals surface area contributed by atoms with Gasteiger partial charge in [-0.3, -0.25) is 19.7 Å². The fraction of sp³-hybridized carbons (Fsp3) is 0.154. The Morgan fingerprint density at radius 3 is 2.68 bits per heavy atom. The maximum absolute atomic E-state index is 12.1. The van der Waals surface area contributed by atoms with E-state index in [2.05, 4.69) is 10.4 Å². The predicted octanol–water partition coefficient (Wildman–Crippen LogP) is 0.949. The number of anilines is 1. The molecule has 0 fully saturated rings. The van der Waals surface area contributed by atoms with Gasteiger partial charge in [-0.1, -0.05) is 0 Å². The lowest BCUT2D eigenvalue weighted by Gasteiger charge is -2.09. The first-order valence-electron chi connectivity index (χ1n) is 6.10. The molecule has 0 spiro atoms. The molecule has 1 aromatic carbocycles. The lowest BCUT2D eigenvalue weighted by molar-refractivity contribution is -0.384. The summed E-state index contributed by atoms with van der Waals surface area (Å²) in [6.45, 7) is 0. The van der Waals surface area contributed by atoms with E-state index >= 15 is 0 Å². The average molecular weight is 304 g/mol. The van der Waals surface area contributed by atoms with Gasteiger partial charge in [0.2, 0.25) is 0 Å². The Labute approximate surface area is 124 Å². The molecule has 1 aromatic heterocycles. The van der Waals surface area contributed by atoms with Gasteiger partial charge in [0.25, 0.3) is 17.2 Å². The standard InChI is InChI=1S/C13H12N4O5/c1-16-12(18)6-5-10(15-16)13(19)14-9-4-3-8(17(20)21)7-11(9)22-2/h3-7H,1-2H3,(H,14,19). The summed E-state index contributed by atoms with van der Waals surface area (Å²) in [5.41, 5.74) is -0.212. The summed E-state index contributed by atoms with van der Waals surface area (Å²) in [6, 6.07) is 6.30. The van der Waals surface area contributed by atoms with Crippen molar-refractivity contribution in [3.63, 3.8) is 0 Å². The molecule has 0 radical (unpaired) electrons. The van der Waals surface area contributed by atoms with Crippen molar-refractivity contribution >= 4 is 17.3 Å². The molecule has 0 aliphatic carbocycles. The van der Waals surface area contributed by atoms with Crippen molar-refractivity contribution in [1.82, 2.24) is 9.78 Å². The summed E-state index contributed by atoms with van der Waals surface area (Å²) in [5.74, 6) is -0.421. The fourth-order valence-electron chi connectivity index (χ4n) is 1.71. The molecule has 114 valence electrons. The summed E-state index contributed by atoms with van der Waals surface area (Å²) in [7, 11) is 2.75. The van der Waals surface area contributed by atoms with E-state index in [1.807, 2.05) is 0 Å². The number of non-ortho nitro benzene ring substituents is 1. The topological polar surface area (TPSA) is 116 Å². The van der Waals surface area contributed by atoms with Crippen LogP contribution < -0.4 is 15.6 Å². The van der Waals surface area contributed by atoms with Gasteiger partial charge in [-0.05, 0) is 12.1 Å². The van der Waals surface area contributed by atoms with E-state index < -0.39 is 10.8 Å². The van der Waals surface area contributed by atoms with Crippen LogP contribution in [0.25, 0.3) is 0 Å².